The summed E-state index contributed by atoms with van der Waals surface area (Å²) < 4.78 is 23.5. The van der Waals surface area contributed by atoms with Gasteiger partial charge in [-0.1, -0.05) is 13.8 Å². The zero-order valence-corrected chi connectivity index (χ0v) is 10.3. The third kappa shape index (κ3) is 4.39. The molecule has 5 heteroatoms. The summed E-state index contributed by atoms with van der Waals surface area (Å²) in [5.74, 6) is 0. The van der Waals surface area contributed by atoms with Gasteiger partial charge in [0, 0.05) is 13.1 Å². The van der Waals surface area contributed by atoms with E-state index in [2.05, 4.69) is 0 Å². The number of hydrogen-bond donors (Lipinski definition) is 1. The van der Waals surface area contributed by atoms with Crippen molar-refractivity contribution in [2.75, 3.05) is 19.3 Å². The SMILES string of the molecule is CC.CC1(O)CCCN(S(C)(=O)=O)C1. The Labute approximate surface area is 87.0 Å². The van der Waals surface area contributed by atoms with Crippen LogP contribution in [-0.4, -0.2) is 42.8 Å². The van der Waals surface area contributed by atoms with Crippen LogP contribution < -0.4 is 0 Å². The summed E-state index contributed by atoms with van der Waals surface area (Å²) in [4.78, 5) is 0. The van der Waals surface area contributed by atoms with Crippen molar-refractivity contribution in [3.8, 4) is 0 Å². The van der Waals surface area contributed by atoms with Gasteiger partial charge in [-0.15, -0.1) is 0 Å². The Hall–Kier alpha value is -0.130. The lowest BCUT2D eigenvalue weighted by Gasteiger charge is -2.35. The smallest absolute Gasteiger partial charge is 0.211 e. The second kappa shape index (κ2) is 5.09. The molecule has 1 N–H and O–H groups in total. The zero-order chi connectivity index (χ0) is 11.4. The van der Waals surface area contributed by atoms with Crippen LogP contribution >= 0.6 is 0 Å². The van der Waals surface area contributed by atoms with Crippen LogP contribution in [0.15, 0.2) is 0 Å². The lowest BCUT2D eigenvalue weighted by atomic mass is 9.97. The van der Waals surface area contributed by atoms with Gasteiger partial charge in [-0.2, -0.15) is 4.31 Å². The fourth-order valence-electron chi connectivity index (χ4n) is 1.46. The minimum absolute atomic E-state index is 0.228. The summed E-state index contributed by atoms with van der Waals surface area (Å²) in [5, 5.41) is 9.60. The van der Waals surface area contributed by atoms with E-state index in [0.29, 0.717) is 13.0 Å². The minimum atomic E-state index is -3.12. The molecule has 0 saturated carbocycles. The zero-order valence-electron chi connectivity index (χ0n) is 9.45. The molecule has 0 bridgehead atoms. The molecule has 0 amide bonds. The van der Waals surface area contributed by atoms with E-state index in [-0.39, 0.29) is 6.54 Å². The van der Waals surface area contributed by atoms with Crippen LogP contribution in [-0.2, 0) is 10.0 Å². The molecular weight excluding hydrogens is 202 g/mol. The molecule has 1 unspecified atom stereocenters. The molecule has 1 heterocycles. The van der Waals surface area contributed by atoms with E-state index in [0.717, 1.165) is 6.42 Å². The maximum Gasteiger partial charge on any atom is 0.211 e. The maximum absolute atomic E-state index is 11.1. The molecule has 1 rings (SSSR count). The van der Waals surface area contributed by atoms with Crippen molar-refractivity contribution in [2.45, 2.75) is 39.2 Å². The normalized spacial score (nSPS) is 29.2. The molecule has 0 aromatic heterocycles. The first-order chi connectivity index (χ1) is 6.31. The Kier molecular flexibility index (Phi) is 5.05. The van der Waals surface area contributed by atoms with Gasteiger partial charge in [0.1, 0.15) is 0 Å². The van der Waals surface area contributed by atoms with E-state index < -0.39 is 15.6 Å². The summed E-state index contributed by atoms with van der Waals surface area (Å²) in [7, 11) is -3.12. The molecule has 4 nitrogen and oxygen atoms in total. The Morgan fingerprint density at radius 2 is 1.86 bits per heavy atom. The summed E-state index contributed by atoms with van der Waals surface area (Å²) in [5.41, 5.74) is -0.846. The van der Waals surface area contributed by atoms with Crippen LogP contribution in [0.25, 0.3) is 0 Å². The molecule has 14 heavy (non-hydrogen) atoms. The number of hydrogen-bond acceptors (Lipinski definition) is 3. The Bertz CT molecular complexity index is 259. The van der Waals surface area contributed by atoms with E-state index >= 15 is 0 Å². The Morgan fingerprint density at radius 1 is 1.36 bits per heavy atom. The summed E-state index contributed by atoms with van der Waals surface area (Å²) in [6.45, 7) is 6.44. The largest absolute Gasteiger partial charge is 0.389 e. The van der Waals surface area contributed by atoms with Crippen LogP contribution in [0, 0.1) is 0 Å². The van der Waals surface area contributed by atoms with E-state index in [4.69, 9.17) is 0 Å². The quantitative estimate of drug-likeness (QED) is 0.716. The first-order valence-corrected chi connectivity index (χ1v) is 6.84. The molecule has 1 aliphatic heterocycles. The minimum Gasteiger partial charge on any atom is -0.389 e. The van der Waals surface area contributed by atoms with Crippen LogP contribution in [0.1, 0.15) is 33.6 Å². The van der Waals surface area contributed by atoms with Gasteiger partial charge in [0.15, 0.2) is 0 Å². The number of β-amino-alcohol motifs (C(OH)–C–C–N with tert-alkyl or cyclic N) is 1. The molecule has 0 aromatic rings. The molecule has 1 fully saturated rings. The van der Waals surface area contributed by atoms with Crippen molar-refractivity contribution in [1.82, 2.24) is 4.31 Å². The second-order valence-electron chi connectivity index (χ2n) is 3.70. The van der Waals surface area contributed by atoms with Crippen molar-refractivity contribution in [3.05, 3.63) is 0 Å². The fourth-order valence-corrected chi connectivity index (χ4v) is 2.43. The molecule has 0 aliphatic carbocycles. The fraction of sp³-hybridized carbons (Fsp3) is 1.00. The third-order valence-electron chi connectivity index (χ3n) is 2.11. The molecule has 86 valence electrons. The van der Waals surface area contributed by atoms with Crippen molar-refractivity contribution < 1.29 is 13.5 Å². The summed E-state index contributed by atoms with van der Waals surface area (Å²) >= 11 is 0. The van der Waals surface area contributed by atoms with E-state index in [9.17, 15) is 13.5 Å². The van der Waals surface area contributed by atoms with Crippen LogP contribution in [0.2, 0.25) is 0 Å². The van der Waals surface area contributed by atoms with Crippen LogP contribution in [0.5, 0.6) is 0 Å². The van der Waals surface area contributed by atoms with Gasteiger partial charge >= 0.3 is 0 Å². The van der Waals surface area contributed by atoms with Gasteiger partial charge in [-0.05, 0) is 19.8 Å². The van der Waals surface area contributed by atoms with Gasteiger partial charge in [0.2, 0.25) is 10.0 Å². The van der Waals surface area contributed by atoms with E-state index in [1.54, 1.807) is 6.92 Å². The van der Waals surface area contributed by atoms with E-state index in [1.165, 1.54) is 10.6 Å². The number of piperidine rings is 1. The number of aliphatic hydroxyl groups is 1. The lowest BCUT2D eigenvalue weighted by molar-refractivity contribution is 0.00959. The monoisotopic (exact) mass is 223 g/mol. The predicted molar refractivity (Wildman–Crippen MR) is 57.6 cm³/mol. The topological polar surface area (TPSA) is 57.6 Å². The second-order valence-corrected chi connectivity index (χ2v) is 5.68. The number of rotatable bonds is 1. The third-order valence-corrected chi connectivity index (χ3v) is 3.36. The first kappa shape index (κ1) is 13.9. The molecule has 0 aromatic carbocycles. The van der Waals surface area contributed by atoms with Crippen molar-refractivity contribution in [2.24, 2.45) is 0 Å². The van der Waals surface area contributed by atoms with E-state index in [1.807, 2.05) is 13.8 Å². The maximum atomic E-state index is 11.1. The highest BCUT2D eigenvalue weighted by molar-refractivity contribution is 7.88. The van der Waals surface area contributed by atoms with Gasteiger partial charge in [0.05, 0.1) is 11.9 Å². The van der Waals surface area contributed by atoms with Crippen molar-refractivity contribution in [3.63, 3.8) is 0 Å². The Balaban J connectivity index is 0.000000791. The average molecular weight is 223 g/mol. The summed E-state index contributed by atoms with van der Waals surface area (Å²) in [6.07, 6.45) is 2.59. The van der Waals surface area contributed by atoms with Gasteiger partial charge in [-0.25, -0.2) is 8.42 Å². The van der Waals surface area contributed by atoms with Gasteiger partial charge in [0.25, 0.3) is 0 Å². The molecule has 0 spiro atoms. The first-order valence-electron chi connectivity index (χ1n) is 4.99. The highest BCUT2D eigenvalue weighted by atomic mass is 32.2. The highest BCUT2D eigenvalue weighted by Crippen LogP contribution is 2.21. The molecule has 0 radical (unpaired) electrons. The summed E-state index contributed by atoms with van der Waals surface area (Å²) in [6, 6.07) is 0. The standard InChI is InChI=1S/C7H15NO3S.C2H6/c1-7(9)4-3-5-8(6-7)12(2,10)11;1-2/h9H,3-6H2,1-2H3;1-2H3. The van der Waals surface area contributed by atoms with Crippen LogP contribution in [0.3, 0.4) is 0 Å². The average Bonchev–Trinajstić information content (AvgIpc) is 2.04. The van der Waals surface area contributed by atoms with Gasteiger partial charge in [-0.3, -0.25) is 0 Å². The molecule has 1 aliphatic rings. The van der Waals surface area contributed by atoms with Gasteiger partial charge < -0.3 is 5.11 Å². The molecular formula is C9H21NO3S. The number of nitrogens with zero attached hydrogens (tertiary/aromatic N) is 1. The van der Waals surface area contributed by atoms with Crippen LogP contribution in [0.4, 0.5) is 0 Å². The highest BCUT2D eigenvalue weighted by Gasteiger charge is 2.32. The Morgan fingerprint density at radius 3 is 2.14 bits per heavy atom. The number of sulfonamides is 1. The molecule has 1 atom stereocenters. The van der Waals surface area contributed by atoms with Crippen molar-refractivity contribution >= 4 is 10.0 Å². The molecule has 1 saturated heterocycles. The predicted octanol–water partition coefficient (Wildman–Crippen LogP) is 0.819. The van der Waals surface area contributed by atoms with Crippen molar-refractivity contribution in [1.29, 1.82) is 0 Å². The lowest BCUT2D eigenvalue weighted by Crippen LogP contribution is -2.48.